The van der Waals surface area contributed by atoms with Crippen molar-refractivity contribution < 1.29 is 22.4 Å². The number of ketones is 1. The zero-order valence-corrected chi connectivity index (χ0v) is 16.4. The average Bonchev–Trinajstić information content (AvgIpc) is 3.22. The summed E-state index contributed by atoms with van der Waals surface area (Å²) >= 11 is 0. The van der Waals surface area contributed by atoms with Gasteiger partial charge in [-0.1, -0.05) is 0 Å². The average molecular weight is 437 g/mol. The molecular weight excluding hydrogens is 422 g/mol. The number of carbonyl (C=O) groups is 1. The van der Waals surface area contributed by atoms with Crippen LogP contribution in [0.4, 0.5) is 17.6 Å². The Morgan fingerprint density at radius 3 is 2.31 bits per heavy atom. The van der Waals surface area contributed by atoms with Crippen LogP contribution in [-0.2, 0) is 6.18 Å². The molecular formula is C24H15F4N3O. The first-order chi connectivity index (χ1) is 15.3. The summed E-state index contributed by atoms with van der Waals surface area (Å²) in [4.78, 5) is 16.5. The summed E-state index contributed by atoms with van der Waals surface area (Å²) in [6.45, 7) is 0. The third kappa shape index (κ3) is 4.64. The van der Waals surface area contributed by atoms with Crippen LogP contribution in [0.25, 0.3) is 23.0 Å². The third-order valence-electron chi connectivity index (χ3n) is 4.68. The van der Waals surface area contributed by atoms with Gasteiger partial charge in [0.25, 0.3) is 0 Å². The predicted octanol–water partition coefficient (Wildman–Crippen LogP) is 5.99. The molecule has 0 amide bonds. The van der Waals surface area contributed by atoms with Crippen LogP contribution in [0.3, 0.4) is 0 Å². The Morgan fingerprint density at radius 2 is 1.69 bits per heavy atom. The molecule has 8 heteroatoms. The van der Waals surface area contributed by atoms with Crippen LogP contribution in [0.1, 0.15) is 21.5 Å². The standard InChI is InChI=1S/C24H15F4N3O/c25-20-8-3-16(4-9-20)22(32)12-5-18-15-31(30-23(18)17-2-1-13-29-14-17)21-10-6-19(7-11-21)24(26,27)28/h1-15H. The van der Waals surface area contributed by atoms with Crippen molar-refractivity contribution in [2.75, 3.05) is 0 Å². The van der Waals surface area contributed by atoms with Gasteiger partial charge in [0.05, 0.1) is 11.3 Å². The molecule has 0 saturated carbocycles. The quantitative estimate of drug-likeness (QED) is 0.219. The van der Waals surface area contributed by atoms with Crippen molar-refractivity contribution in [2.24, 2.45) is 0 Å². The molecule has 0 radical (unpaired) electrons. The first kappa shape index (κ1) is 21.2. The predicted molar refractivity (Wildman–Crippen MR) is 112 cm³/mol. The molecule has 0 aliphatic carbocycles. The fourth-order valence-corrected chi connectivity index (χ4v) is 3.05. The minimum Gasteiger partial charge on any atom is -0.289 e. The van der Waals surface area contributed by atoms with Crippen LogP contribution in [0.5, 0.6) is 0 Å². The first-order valence-electron chi connectivity index (χ1n) is 9.47. The third-order valence-corrected chi connectivity index (χ3v) is 4.68. The zero-order chi connectivity index (χ0) is 22.7. The van der Waals surface area contributed by atoms with E-state index >= 15 is 0 Å². The number of hydrogen-bond acceptors (Lipinski definition) is 3. The van der Waals surface area contributed by atoms with Gasteiger partial charge < -0.3 is 0 Å². The van der Waals surface area contributed by atoms with E-state index in [-0.39, 0.29) is 5.78 Å². The summed E-state index contributed by atoms with van der Waals surface area (Å²) in [6, 6.07) is 13.3. The lowest BCUT2D eigenvalue weighted by Crippen LogP contribution is -2.05. The zero-order valence-electron chi connectivity index (χ0n) is 16.4. The minimum absolute atomic E-state index is 0.320. The second-order valence-corrected chi connectivity index (χ2v) is 6.87. The Hall–Kier alpha value is -4.07. The van der Waals surface area contributed by atoms with Gasteiger partial charge >= 0.3 is 6.18 Å². The summed E-state index contributed by atoms with van der Waals surface area (Å²) in [6.07, 6.45) is 3.27. The van der Waals surface area contributed by atoms with Crippen LogP contribution in [0.2, 0.25) is 0 Å². The highest BCUT2D eigenvalue weighted by atomic mass is 19.4. The smallest absolute Gasteiger partial charge is 0.289 e. The molecule has 2 aromatic heterocycles. The summed E-state index contributed by atoms with van der Waals surface area (Å²) < 4.78 is 53.1. The Balaban J connectivity index is 1.70. The van der Waals surface area contributed by atoms with Gasteiger partial charge in [-0.05, 0) is 72.8 Å². The van der Waals surface area contributed by atoms with E-state index in [0.717, 1.165) is 12.1 Å². The molecule has 0 saturated heterocycles. The van der Waals surface area contributed by atoms with Gasteiger partial charge in [0.1, 0.15) is 11.5 Å². The van der Waals surface area contributed by atoms with Crippen molar-refractivity contribution in [3.8, 4) is 16.9 Å². The van der Waals surface area contributed by atoms with Gasteiger partial charge in [-0.15, -0.1) is 0 Å². The molecule has 4 nitrogen and oxygen atoms in total. The largest absolute Gasteiger partial charge is 0.416 e. The summed E-state index contributed by atoms with van der Waals surface area (Å²) in [5, 5.41) is 4.49. The van der Waals surface area contributed by atoms with Gasteiger partial charge in [0, 0.05) is 35.3 Å². The fraction of sp³-hybridized carbons (Fsp3) is 0.0417. The van der Waals surface area contributed by atoms with Crippen LogP contribution in [-0.4, -0.2) is 20.5 Å². The SMILES string of the molecule is O=C(C=Cc1cn(-c2ccc(C(F)(F)F)cc2)nc1-c1cccnc1)c1ccc(F)cc1. The van der Waals surface area contributed by atoms with Gasteiger partial charge in [-0.25, -0.2) is 9.07 Å². The van der Waals surface area contributed by atoms with Crippen molar-refractivity contribution in [3.05, 3.63) is 108 Å². The van der Waals surface area contributed by atoms with Crippen molar-refractivity contribution in [1.29, 1.82) is 0 Å². The van der Waals surface area contributed by atoms with Gasteiger partial charge in [0.2, 0.25) is 0 Å². The Labute approximate surface area is 180 Å². The van der Waals surface area contributed by atoms with Crippen LogP contribution < -0.4 is 0 Å². The molecule has 0 aliphatic rings. The maximum Gasteiger partial charge on any atom is 0.416 e. The number of carbonyl (C=O) groups excluding carboxylic acids is 1. The number of hydrogen-bond donors (Lipinski definition) is 0. The highest BCUT2D eigenvalue weighted by Gasteiger charge is 2.30. The van der Waals surface area contributed by atoms with E-state index in [1.165, 1.54) is 47.2 Å². The molecule has 32 heavy (non-hydrogen) atoms. The molecule has 0 spiro atoms. The van der Waals surface area contributed by atoms with Crippen molar-refractivity contribution in [1.82, 2.24) is 14.8 Å². The van der Waals surface area contributed by atoms with Gasteiger partial charge in [-0.3, -0.25) is 9.78 Å². The first-order valence-corrected chi connectivity index (χ1v) is 9.47. The van der Waals surface area contributed by atoms with E-state index in [4.69, 9.17) is 0 Å². The number of pyridine rings is 1. The molecule has 0 fully saturated rings. The lowest BCUT2D eigenvalue weighted by molar-refractivity contribution is -0.137. The maximum absolute atomic E-state index is 13.1. The van der Waals surface area contributed by atoms with Crippen molar-refractivity contribution in [3.63, 3.8) is 0 Å². The highest BCUT2D eigenvalue weighted by Crippen LogP contribution is 2.30. The lowest BCUT2D eigenvalue weighted by atomic mass is 10.1. The number of alkyl halides is 3. The summed E-state index contributed by atoms with van der Waals surface area (Å²) in [5.74, 6) is -0.772. The Morgan fingerprint density at radius 1 is 0.969 bits per heavy atom. The maximum atomic E-state index is 13.1. The topological polar surface area (TPSA) is 47.8 Å². The monoisotopic (exact) mass is 437 g/mol. The molecule has 0 bridgehead atoms. The second-order valence-electron chi connectivity index (χ2n) is 6.87. The van der Waals surface area contributed by atoms with Crippen LogP contribution in [0.15, 0.2) is 85.3 Å². The van der Waals surface area contributed by atoms with Crippen molar-refractivity contribution in [2.45, 2.75) is 6.18 Å². The number of halogens is 4. The van der Waals surface area contributed by atoms with Crippen LogP contribution >= 0.6 is 0 Å². The van der Waals surface area contributed by atoms with E-state index in [1.54, 1.807) is 36.8 Å². The number of allylic oxidation sites excluding steroid dienone is 1. The Kier molecular flexibility index (Phi) is 5.68. The van der Waals surface area contributed by atoms with E-state index < -0.39 is 17.6 Å². The molecule has 4 rings (SSSR count). The van der Waals surface area contributed by atoms with E-state index in [1.807, 2.05) is 0 Å². The molecule has 0 N–H and O–H groups in total. The van der Waals surface area contributed by atoms with Gasteiger partial charge in [-0.2, -0.15) is 18.3 Å². The van der Waals surface area contributed by atoms with E-state index in [9.17, 15) is 22.4 Å². The number of aromatic nitrogens is 3. The van der Waals surface area contributed by atoms with Gasteiger partial charge in [0.15, 0.2) is 5.78 Å². The molecule has 2 heterocycles. The molecule has 0 aliphatic heterocycles. The fourth-order valence-electron chi connectivity index (χ4n) is 3.05. The van der Waals surface area contributed by atoms with E-state index in [0.29, 0.717) is 28.1 Å². The molecule has 160 valence electrons. The molecule has 0 unspecified atom stereocenters. The summed E-state index contributed by atoms with van der Waals surface area (Å²) in [5.41, 5.74) is 1.72. The number of nitrogens with zero attached hydrogens (tertiary/aromatic N) is 3. The normalized spacial score (nSPS) is 11.8. The number of rotatable bonds is 5. The van der Waals surface area contributed by atoms with Crippen molar-refractivity contribution >= 4 is 11.9 Å². The Bertz CT molecular complexity index is 1260. The van der Waals surface area contributed by atoms with Crippen LogP contribution in [0, 0.1) is 5.82 Å². The number of benzene rings is 2. The molecule has 4 aromatic rings. The molecule has 2 aromatic carbocycles. The summed E-state index contributed by atoms with van der Waals surface area (Å²) in [7, 11) is 0. The molecule has 0 atom stereocenters. The lowest BCUT2D eigenvalue weighted by Gasteiger charge is -2.07. The second kappa shape index (κ2) is 8.58. The highest BCUT2D eigenvalue weighted by molar-refractivity contribution is 6.07. The van der Waals surface area contributed by atoms with E-state index in [2.05, 4.69) is 10.1 Å². The minimum atomic E-state index is -4.43.